The molecule has 0 spiro atoms. The Labute approximate surface area is 142 Å². The van der Waals surface area contributed by atoms with Crippen molar-refractivity contribution in [2.24, 2.45) is 7.05 Å². The molecule has 1 N–H and O–H groups in total. The first-order chi connectivity index (χ1) is 6.24. The van der Waals surface area contributed by atoms with Gasteiger partial charge in [-0.15, -0.1) is 12.4 Å². The number of imidazole rings is 1. The van der Waals surface area contributed by atoms with Gasteiger partial charge in [-0.3, -0.25) is 0 Å². The van der Waals surface area contributed by atoms with E-state index >= 15 is 0 Å². The molecule has 17 heavy (non-hydrogen) atoms. The SMILES string of the molecule is CCn1cc[n+](C)c1.Cl.N#CNC#N.[Cl-].[Cl-].[Na+]. The maximum atomic E-state index is 7.48. The Bertz CT molecular complexity index is 319. The first-order valence-electron chi connectivity index (χ1n) is 3.78. The second kappa shape index (κ2) is 21.2. The fourth-order valence-electron chi connectivity index (χ4n) is 0.714. The summed E-state index contributed by atoms with van der Waals surface area (Å²) in [6, 6.07) is 0. The summed E-state index contributed by atoms with van der Waals surface area (Å²) in [6.45, 7) is 3.18. The third kappa shape index (κ3) is 18.4. The number of hydrogen-bond donors (Lipinski definition) is 1. The minimum atomic E-state index is 0. The number of rotatable bonds is 1. The normalized spacial score (nSPS) is 5.65. The zero-order valence-electron chi connectivity index (χ0n) is 9.89. The quantitative estimate of drug-likeness (QED) is 0.242. The van der Waals surface area contributed by atoms with Crippen molar-refractivity contribution in [3.05, 3.63) is 18.7 Å². The van der Waals surface area contributed by atoms with E-state index in [4.69, 9.17) is 10.5 Å². The molecule has 1 heterocycles. The molecular weight excluding hydrogens is 295 g/mol. The van der Waals surface area contributed by atoms with Gasteiger partial charge < -0.3 is 24.8 Å². The summed E-state index contributed by atoms with van der Waals surface area (Å²) in [5.74, 6) is 0. The second-order valence-electron chi connectivity index (χ2n) is 2.26. The minimum absolute atomic E-state index is 0. The largest absolute Gasteiger partial charge is 1.00 e. The molecule has 0 aliphatic heterocycles. The van der Waals surface area contributed by atoms with E-state index in [2.05, 4.69) is 24.0 Å². The molecule has 0 radical (unpaired) electrons. The van der Waals surface area contributed by atoms with E-state index in [1.165, 1.54) is 12.4 Å². The fourth-order valence-corrected chi connectivity index (χ4v) is 0.714. The predicted octanol–water partition coefficient (Wildman–Crippen LogP) is -8.70. The van der Waals surface area contributed by atoms with Crippen LogP contribution in [0.3, 0.4) is 0 Å². The summed E-state index contributed by atoms with van der Waals surface area (Å²) in [6.07, 6.45) is 8.95. The van der Waals surface area contributed by atoms with Crippen LogP contribution in [0.5, 0.6) is 0 Å². The number of aromatic nitrogens is 2. The molecule has 5 nitrogen and oxygen atoms in total. The molecule has 92 valence electrons. The topological polar surface area (TPSA) is 68.4 Å². The summed E-state index contributed by atoms with van der Waals surface area (Å²) in [4.78, 5) is 0. The Morgan fingerprint density at radius 3 is 1.88 bits per heavy atom. The van der Waals surface area contributed by atoms with Crippen LogP contribution < -0.4 is 64.3 Å². The van der Waals surface area contributed by atoms with Crippen molar-refractivity contribution in [2.45, 2.75) is 13.5 Å². The van der Waals surface area contributed by atoms with Crippen LogP contribution in [0.2, 0.25) is 0 Å². The summed E-state index contributed by atoms with van der Waals surface area (Å²) in [5.41, 5.74) is 0. The minimum Gasteiger partial charge on any atom is -1.00 e. The van der Waals surface area contributed by atoms with Gasteiger partial charge in [0, 0.05) is 0 Å². The smallest absolute Gasteiger partial charge is 1.00 e. The van der Waals surface area contributed by atoms with Crippen LogP contribution >= 0.6 is 12.4 Å². The van der Waals surface area contributed by atoms with E-state index in [-0.39, 0.29) is 66.8 Å². The third-order valence-corrected chi connectivity index (χ3v) is 1.30. The first kappa shape index (κ1) is 30.2. The zero-order chi connectivity index (χ0) is 10.1. The molecule has 0 saturated carbocycles. The molecule has 0 atom stereocenters. The van der Waals surface area contributed by atoms with Crippen molar-refractivity contribution in [3.63, 3.8) is 0 Å². The van der Waals surface area contributed by atoms with Gasteiger partial charge >= 0.3 is 29.6 Å². The van der Waals surface area contributed by atoms with E-state index in [9.17, 15) is 0 Å². The van der Waals surface area contributed by atoms with Gasteiger partial charge in [0.1, 0.15) is 12.4 Å². The molecule has 1 rings (SSSR count). The summed E-state index contributed by atoms with van der Waals surface area (Å²) in [5, 5.41) is 16.7. The van der Waals surface area contributed by atoms with Crippen LogP contribution in [0.25, 0.3) is 0 Å². The second-order valence-corrected chi connectivity index (χ2v) is 2.26. The Morgan fingerprint density at radius 2 is 1.76 bits per heavy atom. The Balaban J connectivity index is -0.0000000489. The molecule has 0 saturated heterocycles. The van der Waals surface area contributed by atoms with Gasteiger partial charge in [0.05, 0.1) is 13.6 Å². The van der Waals surface area contributed by atoms with Gasteiger partial charge in [0.2, 0.25) is 6.33 Å². The summed E-state index contributed by atoms with van der Waals surface area (Å²) < 4.78 is 4.16. The standard InChI is InChI=1S/C6H11N2.C2HN3.3ClH.Na/c1-3-8-5-4-7(2)6-8;3-1-5-2-4;;;;/h4-6H,3H2,1-2H3;5H;3*1H;/q+1;;;;;+1/p-2. The molecule has 0 bridgehead atoms. The Kier molecular flexibility index (Phi) is 37.6. The molecule has 0 amide bonds. The van der Waals surface area contributed by atoms with Gasteiger partial charge in [-0.2, -0.15) is 10.5 Å². The monoisotopic (exact) mass is 307 g/mol. The molecule has 0 unspecified atom stereocenters. The van der Waals surface area contributed by atoms with E-state index in [0.29, 0.717) is 0 Å². The van der Waals surface area contributed by atoms with E-state index in [1.807, 2.05) is 17.8 Å². The van der Waals surface area contributed by atoms with Crippen molar-refractivity contribution in [3.8, 4) is 12.4 Å². The average Bonchev–Trinajstić information content (AvgIpc) is 2.54. The fraction of sp³-hybridized carbons (Fsp3) is 0.375. The molecule has 9 heteroatoms. The van der Waals surface area contributed by atoms with Crippen molar-refractivity contribution in [1.82, 2.24) is 9.88 Å². The number of aryl methyl sites for hydroxylation is 2. The van der Waals surface area contributed by atoms with Gasteiger partial charge in [-0.1, -0.05) is 0 Å². The van der Waals surface area contributed by atoms with Crippen LogP contribution in [0.1, 0.15) is 6.92 Å². The van der Waals surface area contributed by atoms with Crippen molar-refractivity contribution < 1.29 is 58.9 Å². The van der Waals surface area contributed by atoms with Crippen LogP contribution in [-0.2, 0) is 13.6 Å². The Hall–Kier alpha value is -0.140. The van der Waals surface area contributed by atoms with Gasteiger partial charge in [0.25, 0.3) is 0 Å². The first-order valence-corrected chi connectivity index (χ1v) is 3.78. The van der Waals surface area contributed by atoms with E-state index < -0.39 is 0 Å². The van der Waals surface area contributed by atoms with Gasteiger partial charge in [-0.25, -0.2) is 14.5 Å². The maximum absolute atomic E-state index is 7.48. The number of halogens is 3. The molecule has 1 aromatic rings. The van der Waals surface area contributed by atoms with Crippen LogP contribution in [0, 0.1) is 22.9 Å². The maximum Gasteiger partial charge on any atom is 1.00 e. The molecular formula is C8H13Cl3N5Na. The zero-order valence-corrected chi connectivity index (χ0v) is 14.2. The van der Waals surface area contributed by atoms with Gasteiger partial charge in [-0.05, 0) is 6.92 Å². The molecule has 1 aromatic heterocycles. The number of nitriles is 2. The van der Waals surface area contributed by atoms with Crippen LogP contribution in [0.4, 0.5) is 0 Å². The van der Waals surface area contributed by atoms with Crippen molar-refractivity contribution in [1.29, 1.82) is 10.5 Å². The Morgan fingerprint density at radius 1 is 1.29 bits per heavy atom. The average molecular weight is 309 g/mol. The van der Waals surface area contributed by atoms with E-state index in [0.717, 1.165) is 6.54 Å². The third-order valence-electron chi connectivity index (χ3n) is 1.30. The predicted molar refractivity (Wildman–Crippen MR) is 52.9 cm³/mol. The molecule has 0 aliphatic carbocycles. The summed E-state index contributed by atoms with van der Waals surface area (Å²) in [7, 11) is 2.02. The number of nitrogens with one attached hydrogen (secondary N) is 1. The molecule has 0 aromatic carbocycles. The van der Waals surface area contributed by atoms with Gasteiger partial charge in [0.15, 0.2) is 12.4 Å². The number of hydrogen-bond acceptors (Lipinski definition) is 3. The summed E-state index contributed by atoms with van der Waals surface area (Å²) >= 11 is 0. The van der Waals surface area contributed by atoms with Crippen molar-refractivity contribution >= 4 is 12.4 Å². The molecule has 0 aliphatic rings. The van der Waals surface area contributed by atoms with Crippen LogP contribution in [0.15, 0.2) is 18.7 Å². The van der Waals surface area contributed by atoms with Crippen LogP contribution in [-0.4, -0.2) is 4.57 Å². The van der Waals surface area contributed by atoms with E-state index in [1.54, 1.807) is 5.32 Å². The molecule has 0 fully saturated rings. The number of nitrogens with zero attached hydrogens (tertiary/aromatic N) is 4. The van der Waals surface area contributed by atoms with Crippen molar-refractivity contribution in [2.75, 3.05) is 0 Å².